The van der Waals surface area contributed by atoms with Crippen LogP contribution in [0.5, 0.6) is 0 Å². The van der Waals surface area contributed by atoms with Crippen molar-refractivity contribution >= 4 is 35.7 Å². The molecule has 0 spiro atoms. The third-order valence-electron chi connectivity index (χ3n) is 4.41. The number of hydrogen-bond donors (Lipinski definition) is 3. The molecule has 0 radical (unpaired) electrons. The van der Waals surface area contributed by atoms with Crippen molar-refractivity contribution < 1.29 is 14.4 Å². The van der Waals surface area contributed by atoms with Crippen molar-refractivity contribution in [3.63, 3.8) is 0 Å². The second-order valence-corrected chi connectivity index (χ2v) is 7.43. The molecule has 3 atom stereocenters. The second kappa shape index (κ2) is 7.70. The lowest BCUT2D eigenvalue weighted by Crippen LogP contribution is -2.36. The summed E-state index contributed by atoms with van der Waals surface area (Å²) in [6.07, 6.45) is 4.06. The third-order valence-corrected chi connectivity index (χ3v) is 5.92. The molecular formula is C17H21N3O3S. The van der Waals surface area contributed by atoms with E-state index in [4.69, 9.17) is 0 Å². The molecule has 24 heavy (non-hydrogen) atoms. The molecule has 2 fully saturated rings. The minimum atomic E-state index is -0.0599. The van der Waals surface area contributed by atoms with Crippen LogP contribution >= 0.6 is 11.8 Å². The molecule has 2 aliphatic heterocycles. The number of carbonyl (C=O) groups excluding carboxylic acids is 3. The summed E-state index contributed by atoms with van der Waals surface area (Å²) in [7, 11) is 0. The molecule has 128 valence electrons. The summed E-state index contributed by atoms with van der Waals surface area (Å²) in [5.41, 5.74) is 1.30. The number of nitrogens with one attached hydrogen (secondary N) is 3. The van der Waals surface area contributed by atoms with Crippen LogP contribution in [0.15, 0.2) is 24.3 Å². The Bertz CT molecular complexity index is 620. The van der Waals surface area contributed by atoms with Crippen LogP contribution < -0.4 is 16.0 Å². The van der Waals surface area contributed by atoms with Crippen LogP contribution in [0.2, 0.25) is 0 Å². The lowest BCUT2D eigenvalue weighted by atomic mass is 10.0. The normalized spacial score (nSPS) is 24.8. The Balaban J connectivity index is 1.35. The highest BCUT2D eigenvalue weighted by atomic mass is 32.2. The Labute approximate surface area is 145 Å². The zero-order valence-corrected chi connectivity index (χ0v) is 14.1. The SMILES string of the molecule is O=Cc1ccc(NC(=O)CCCCC2SC[C@@H]3NC(=O)N[C@H]23)cc1. The van der Waals surface area contributed by atoms with Crippen LogP contribution in [0.1, 0.15) is 36.0 Å². The van der Waals surface area contributed by atoms with E-state index in [2.05, 4.69) is 16.0 Å². The van der Waals surface area contributed by atoms with Gasteiger partial charge in [0.15, 0.2) is 0 Å². The highest BCUT2D eigenvalue weighted by Gasteiger charge is 2.42. The van der Waals surface area contributed by atoms with Crippen LogP contribution in [-0.4, -0.2) is 41.3 Å². The number of unbranched alkanes of at least 4 members (excludes halogenated alkanes) is 1. The minimum absolute atomic E-state index is 0.0124. The van der Waals surface area contributed by atoms with Gasteiger partial charge in [-0.1, -0.05) is 6.42 Å². The van der Waals surface area contributed by atoms with Gasteiger partial charge in [0, 0.05) is 28.7 Å². The monoisotopic (exact) mass is 347 g/mol. The van der Waals surface area contributed by atoms with Crippen LogP contribution in [-0.2, 0) is 4.79 Å². The third kappa shape index (κ3) is 4.08. The van der Waals surface area contributed by atoms with Crippen LogP contribution in [0.25, 0.3) is 0 Å². The fraction of sp³-hybridized carbons (Fsp3) is 0.471. The highest BCUT2D eigenvalue weighted by molar-refractivity contribution is 8.00. The Morgan fingerprint density at radius 3 is 2.79 bits per heavy atom. The number of hydrogen-bond acceptors (Lipinski definition) is 4. The molecule has 2 aliphatic rings. The maximum Gasteiger partial charge on any atom is 0.315 e. The van der Waals surface area contributed by atoms with Gasteiger partial charge in [0.25, 0.3) is 0 Å². The fourth-order valence-corrected chi connectivity index (χ4v) is 4.69. The van der Waals surface area contributed by atoms with Gasteiger partial charge in [-0.05, 0) is 37.1 Å². The Morgan fingerprint density at radius 2 is 2.04 bits per heavy atom. The zero-order valence-electron chi connectivity index (χ0n) is 13.3. The first-order valence-corrected chi connectivity index (χ1v) is 9.24. The molecule has 0 aliphatic carbocycles. The molecule has 1 aromatic rings. The molecular weight excluding hydrogens is 326 g/mol. The lowest BCUT2D eigenvalue weighted by molar-refractivity contribution is -0.116. The number of anilines is 1. The van der Waals surface area contributed by atoms with Gasteiger partial charge in [0.2, 0.25) is 5.91 Å². The summed E-state index contributed by atoms with van der Waals surface area (Å²) in [6.45, 7) is 0. The van der Waals surface area contributed by atoms with Gasteiger partial charge in [-0.15, -0.1) is 0 Å². The Hall–Kier alpha value is -2.02. The predicted octanol–water partition coefficient (Wildman–Crippen LogP) is 2.16. The predicted molar refractivity (Wildman–Crippen MR) is 94.4 cm³/mol. The molecule has 0 aromatic heterocycles. The topological polar surface area (TPSA) is 87.3 Å². The van der Waals surface area contributed by atoms with Gasteiger partial charge in [-0.2, -0.15) is 11.8 Å². The first kappa shape index (κ1) is 16.8. The highest BCUT2D eigenvalue weighted by Crippen LogP contribution is 2.33. The lowest BCUT2D eigenvalue weighted by Gasteiger charge is -2.16. The van der Waals surface area contributed by atoms with Crippen molar-refractivity contribution in [1.29, 1.82) is 0 Å². The number of carbonyl (C=O) groups is 3. The van der Waals surface area contributed by atoms with E-state index in [-0.39, 0.29) is 24.0 Å². The van der Waals surface area contributed by atoms with Crippen molar-refractivity contribution in [2.24, 2.45) is 0 Å². The summed E-state index contributed by atoms with van der Waals surface area (Å²) >= 11 is 1.90. The molecule has 3 N–H and O–H groups in total. The summed E-state index contributed by atoms with van der Waals surface area (Å²) in [6, 6.07) is 7.24. The molecule has 6 nitrogen and oxygen atoms in total. The second-order valence-electron chi connectivity index (χ2n) is 6.16. The molecule has 2 saturated heterocycles. The van der Waals surface area contributed by atoms with Gasteiger partial charge in [-0.25, -0.2) is 4.79 Å². The molecule has 3 amide bonds. The first-order valence-electron chi connectivity index (χ1n) is 8.19. The standard InChI is InChI=1S/C17H21N3O3S/c21-9-11-5-7-12(8-6-11)18-15(22)4-2-1-3-14-16-13(10-24-14)19-17(23)20-16/h5-9,13-14,16H,1-4,10H2,(H,18,22)(H2,19,20,23)/t13-,14?,16-/m0/s1. The summed E-state index contributed by atoms with van der Waals surface area (Å²) in [4.78, 5) is 33.9. The molecule has 0 bridgehead atoms. The van der Waals surface area contributed by atoms with E-state index in [0.29, 0.717) is 22.9 Å². The van der Waals surface area contributed by atoms with Gasteiger partial charge < -0.3 is 16.0 Å². The van der Waals surface area contributed by atoms with Crippen molar-refractivity contribution in [3.05, 3.63) is 29.8 Å². The van der Waals surface area contributed by atoms with Crippen molar-refractivity contribution in [2.45, 2.75) is 43.0 Å². The van der Waals surface area contributed by atoms with Crippen LogP contribution in [0.3, 0.4) is 0 Å². The number of amides is 3. The molecule has 1 aromatic carbocycles. The quantitative estimate of drug-likeness (QED) is 0.401. The Morgan fingerprint density at radius 1 is 1.25 bits per heavy atom. The fourth-order valence-electron chi connectivity index (χ4n) is 3.14. The van der Waals surface area contributed by atoms with E-state index in [1.54, 1.807) is 24.3 Å². The zero-order chi connectivity index (χ0) is 16.9. The maximum absolute atomic E-state index is 11.9. The van der Waals surface area contributed by atoms with E-state index >= 15 is 0 Å². The summed E-state index contributed by atoms with van der Waals surface area (Å²) < 4.78 is 0. The number of benzene rings is 1. The number of fused-ring (bicyclic) bond motifs is 1. The summed E-state index contributed by atoms with van der Waals surface area (Å²) in [5.74, 6) is 0.951. The van der Waals surface area contributed by atoms with Gasteiger partial charge in [0.1, 0.15) is 6.29 Å². The number of urea groups is 1. The summed E-state index contributed by atoms with van der Waals surface area (Å²) in [5, 5.41) is 9.19. The van der Waals surface area contributed by atoms with Gasteiger partial charge in [0.05, 0.1) is 12.1 Å². The Kier molecular flexibility index (Phi) is 5.40. The first-order chi connectivity index (χ1) is 11.7. The van der Waals surface area contributed by atoms with Crippen molar-refractivity contribution in [1.82, 2.24) is 10.6 Å². The van der Waals surface area contributed by atoms with E-state index in [1.807, 2.05) is 11.8 Å². The average Bonchev–Trinajstić information content (AvgIpc) is 3.12. The van der Waals surface area contributed by atoms with E-state index < -0.39 is 0 Å². The number of thioether (sulfide) groups is 1. The molecule has 1 unspecified atom stereocenters. The van der Waals surface area contributed by atoms with Crippen molar-refractivity contribution in [3.8, 4) is 0 Å². The van der Waals surface area contributed by atoms with Gasteiger partial charge >= 0.3 is 6.03 Å². The van der Waals surface area contributed by atoms with E-state index in [9.17, 15) is 14.4 Å². The van der Waals surface area contributed by atoms with Crippen molar-refractivity contribution in [2.75, 3.05) is 11.1 Å². The van der Waals surface area contributed by atoms with E-state index in [0.717, 1.165) is 31.3 Å². The minimum Gasteiger partial charge on any atom is -0.332 e. The van der Waals surface area contributed by atoms with E-state index in [1.165, 1.54) is 0 Å². The van der Waals surface area contributed by atoms with Gasteiger partial charge in [-0.3, -0.25) is 9.59 Å². The molecule has 7 heteroatoms. The smallest absolute Gasteiger partial charge is 0.315 e. The number of aldehydes is 1. The van der Waals surface area contributed by atoms with Crippen LogP contribution in [0.4, 0.5) is 10.5 Å². The van der Waals surface area contributed by atoms with Crippen LogP contribution in [0, 0.1) is 0 Å². The molecule has 0 saturated carbocycles. The number of rotatable bonds is 7. The average molecular weight is 347 g/mol. The maximum atomic E-state index is 11.9. The molecule has 3 rings (SSSR count). The molecule has 2 heterocycles. The largest absolute Gasteiger partial charge is 0.332 e.